The maximum Gasteiger partial charge on any atom is 0.223 e. The highest BCUT2D eigenvalue weighted by atomic mass is 16.2. The maximum absolute atomic E-state index is 11.7. The Balaban J connectivity index is 2.44. The van der Waals surface area contributed by atoms with Crippen LogP contribution in [0.25, 0.3) is 0 Å². The molecule has 0 aromatic carbocycles. The molecule has 1 aliphatic rings. The molecule has 0 spiro atoms. The van der Waals surface area contributed by atoms with Gasteiger partial charge in [-0.25, -0.2) is 0 Å². The molecule has 1 N–H and O–H groups in total. The number of nitrogens with zero attached hydrogens (tertiary/aromatic N) is 1. The molecule has 1 atom stereocenters. The summed E-state index contributed by atoms with van der Waals surface area (Å²) in [5.74, 6) is 0.776. The van der Waals surface area contributed by atoms with E-state index in [1.807, 2.05) is 4.90 Å². The van der Waals surface area contributed by atoms with Crippen molar-refractivity contribution in [2.24, 2.45) is 5.92 Å². The quantitative estimate of drug-likeness (QED) is 0.690. The van der Waals surface area contributed by atoms with Crippen LogP contribution in [0.5, 0.6) is 0 Å². The van der Waals surface area contributed by atoms with Crippen LogP contribution in [0.3, 0.4) is 0 Å². The molecule has 1 heterocycles. The molecule has 0 aliphatic carbocycles. The molecule has 13 heavy (non-hydrogen) atoms. The summed E-state index contributed by atoms with van der Waals surface area (Å²) in [6, 6.07) is 0.361. The molecule has 1 saturated heterocycles. The van der Waals surface area contributed by atoms with Crippen molar-refractivity contribution in [1.29, 1.82) is 0 Å². The summed E-state index contributed by atoms with van der Waals surface area (Å²) in [6.07, 6.45) is 0.685. The van der Waals surface area contributed by atoms with Gasteiger partial charge in [0.1, 0.15) is 0 Å². The average Bonchev–Trinajstić information content (AvgIpc) is 2.03. The van der Waals surface area contributed by atoms with Crippen LogP contribution in [-0.2, 0) is 4.79 Å². The Morgan fingerprint density at radius 3 is 2.85 bits per heavy atom. The Morgan fingerprint density at radius 2 is 2.31 bits per heavy atom. The number of amides is 1. The molecule has 3 nitrogen and oxygen atoms in total. The molecule has 0 unspecified atom stereocenters. The molecule has 1 amide bonds. The van der Waals surface area contributed by atoms with Gasteiger partial charge in [-0.15, -0.1) is 0 Å². The third-order valence-corrected chi connectivity index (χ3v) is 2.40. The smallest absolute Gasteiger partial charge is 0.223 e. The molecule has 0 bridgehead atoms. The Kier molecular flexibility index (Phi) is 3.72. The molecule has 1 fully saturated rings. The number of nitrogens with one attached hydrogen (secondary N) is 1. The lowest BCUT2D eigenvalue weighted by Crippen LogP contribution is -2.52. The molecule has 3 heteroatoms. The van der Waals surface area contributed by atoms with Gasteiger partial charge < -0.3 is 10.2 Å². The molecular formula is C10H20N2O. The van der Waals surface area contributed by atoms with Crippen LogP contribution in [0.4, 0.5) is 0 Å². The lowest BCUT2D eigenvalue weighted by molar-refractivity contribution is -0.134. The molecule has 76 valence electrons. The lowest BCUT2D eigenvalue weighted by Gasteiger charge is -2.34. The van der Waals surface area contributed by atoms with E-state index in [0.29, 0.717) is 24.3 Å². The second-order valence-corrected chi connectivity index (χ2v) is 4.24. The van der Waals surface area contributed by atoms with E-state index in [-0.39, 0.29) is 0 Å². The third kappa shape index (κ3) is 2.99. The monoisotopic (exact) mass is 184 g/mol. The zero-order chi connectivity index (χ0) is 9.84. The van der Waals surface area contributed by atoms with E-state index in [9.17, 15) is 4.79 Å². The summed E-state index contributed by atoms with van der Waals surface area (Å²) in [6.45, 7) is 9.02. The lowest BCUT2D eigenvalue weighted by atomic mass is 10.1. The highest BCUT2D eigenvalue weighted by Crippen LogP contribution is 2.09. The van der Waals surface area contributed by atoms with E-state index in [2.05, 4.69) is 26.1 Å². The molecule has 1 rings (SSSR count). The van der Waals surface area contributed by atoms with Crippen LogP contribution in [0, 0.1) is 5.92 Å². The molecular weight excluding hydrogens is 164 g/mol. The van der Waals surface area contributed by atoms with Crippen LogP contribution in [0.2, 0.25) is 0 Å². The number of carbonyl (C=O) groups is 1. The molecule has 1 aliphatic heterocycles. The first-order chi connectivity index (χ1) is 6.11. The van der Waals surface area contributed by atoms with Crippen LogP contribution in [-0.4, -0.2) is 36.5 Å². The first-order valence-electron chi connectivity index (χ1n) is 5.11. The first-order valence-corrected chi connectivity index (χ1v) is 5.11. The Hall–Kier alpha value is -0.570. The van der Waals surface area contributed by atoms with Crippen LogP contribution >= 0.6 is 0 Å². The predicted molar refractivity (Wildman–Crippen MR) is 53.5 cm³/mol. The minimum Gasteiger partial charge on any atom is -0.337 e. The van der Waals surface area contributed by atoms with Gasteiger partial charge >= 0.3 is 0 Å². The van der Waals surface area contributed by atoms with E-state index in [1.54, 1.807) is 0 Å². The second kappa shape index (κ2) is 4.61. The van der Waals surface area contributed by atoms with E-state index < -0.39 is 0 Å². The standard InChI is InChI=1S/C10H20N2O/c1-8(2)6-10(13)12-5-4-11-7-9(12)3/h8-9,11H,4-7H2,1-3H3/t9-/m1/s1. The minimum absolute atomic E-state index is 0.309. The fourth-order valence-electron chi connectivity index (χ4n) is 1.68. The van der Waals surface area contributed by atoms with Crippen LogP contribution < -0.4 is 5.32 Å². The Labute approximate surface area is 80.5 Å². The normalized spacial score (nSPS) is 23.7. The summed E-state index contributed by atoms with van der Waals surface area (Å²) in [4.78, 5) is 13.7. The van der Waals surface area contributed by atoms with Crippen molar-refractivity contribution < 1.29 is 4.79 Å². The van der Waals surface area contributed by atoms with Gasteiger partial charge in [0.25, 0.3) is 0 Å². The van der Waals surface area contributed by atoms with E-state index in [0.717, 1.165) is 19.6 Å². The number of hydrogen-bond donors (Lipinski definition) is 1. The number of piperazine rings is 1. The maximum atomic E-state index is 11.7. The highest BCUT2D eigenvalue weighted by Gasteiger charge is 2.22. The van der Waals surface area contributed by atoms with Crippen molar-refractivity contribution in [3.05, 3.63) is 0 Å². The summed E-state index contributed by atoms with van der Waals surface area (Å²) in [5, 5.41) is 3.28. The molecule has 0 aromatic heterocycles. The van der Waals surface area contributed by atoms with Crippen LogP contribution in [0.1, 0.15) is 27.2 Å². The van der Waals surface area contributed by atoms with Gasteiger partial charge in [-0.3, -0.25) is 4.79 Å². The van der Waals surface area contributed by atoms with Crippen molar-refractivity contribution >= 4 is 5.91 Å². The predicted octanol–water partition coefficient (Wildman–Crippen LogP) is 0.853. The second-order valence-electron chi connectivity index (χ2n) is 4.24. The molecule has 0 aromatic rings. The van der Waals surface area contributed by atoms with Gasteiger partial charge in [0.2, 0.25) is 5.91 Å². The SMILES string of the molecule is CC(C)CC(=O)N1CCNC[C@H]1C. The Bertz CT molecular complexity index is 180. The van der Waals surface area contributed by atoms with Crippen molar-refractivity contribution in [3.8, 4) is 0 Å². The summed E-state index contributed by atoms with van der Waals surface area (Å²) in [5.41, 5.74) is 0. The van der Waals surface area contributed by atoms with Gasteiger partial charge in [0, 0.05) is 32.1 Å². The summed E-state index contributed by atoms with van der Waals surface area (Å²) < 4.78 is 0. The zero-order valence-corrected chi connectivity index (χ0v) is 8.84. The number of rotatable bonds is 2. The number of carbonyl (C=O) groups excluding carboxylic acids is 1. The van der Waals surface area contributed by atoms with E-state index >= 15 is 0 Å². The average molecular weight is 184 g/mol. The van der Waals surface area contributed by atoms with Crippen LogP contribution in [0.15, 0.2) is 0 Å². The topological polar surface area (TPSA) is 32.3 Å². The largest absolute Gasteiger partial charge is 0.337 e. The van der Waals surface area contributed by atoms with Gasteiger partial charge in [0.15, 0.2) is 0 Å². The van der Waals surface area contributed by atoms with Crippen molar-refractivity contribution in [1.82, 2.24) is 10.2 Å². The zero-order valence-electron chi connectivity index (χ0n) is 8.84. The summed E-state index contributed by atoms with van der Waals surface area (Å²) in [7, 11) is 0. The van der Waals surface area contributed by atoms with Crippen molar-refractivity contribution in [3.63, 3.8) is 0 Å². The van der Waals surface area contributed by atoms with Crippen molar-refractivity contribution in [2.45, 2.75) is 33.2 Å². The third-order valence-electron chi connectivity index (χ3n) is 2.40. The Morgan fingerprint density at radius 1 is 1.62 bits per heavy atom. The van der Waals surface area contributed by atoms with E-state index in [4.69, 9.17) is 0 Å². The van der Waals surface area contributed by atoms with Gasteiger partial charge in [-0.2, -0.15) is 0 Å². The number of hydrogen-bond acceptors (Lipinski definition) is 2. The summed E-state index contributed by atoms with van der Waals surface area (Å²) >= 11 is 0. The minimum atomic E-state index is 0.309. The van der Waals surface area contributed by atoms with Crippen molar-refractivity contribution in [2.75, 3.05) is 19.6 Å². The fraction of sp³-hybridized carbons (Fsp3) is 0.900. The molecule has 0 saturated carbocycles. The fourth-order valence-corrected chi connectivity index (χ4v) is 1.68. The van der Waals surface area contributed by atoms with Gasteiger partial charge in [-0.1, -0.05) is 13.8 Å². The van der Waals surface area contributed by atoms with E-state index in [1.165, 1.54) is 0 Å². The molecule has 0 radical (unpaired) electrons. The highest BCUT2D eigenvalue weighted by molar-refractivity contribution is 5.76. The first kappa shape index (κ1) is 10.5. The van der Waals surface area contributed by atoms with Gasteiger partial charge in [0.05, 0.1) is 0 Å². The van der Waals surface area contributed by atoms with Gasteiger partial charge in [-0.05, 0) is 12.8 Å².